The van der Waals surface area contributed by atoms with Crippen LogP contribution in [0.3, 0.4) is 0 Å². The summed E-state index contributed by atoms with van der Waals surface area (Å²) in [6.45, 7) is 2.05. The van der Waals surface area contributed by atoms with Crippen molar-refractivity contribution < 1.29 is 19.4 Å². The molecule has 2 aliphatic heterocycles. The van der Waals surface area contributed by atoms with Gasteiger partial charge in [-0.1, -0.05) is 30.0 Å². The van der Waals surface area contributed by atoms with Gasteiger partial charge >= 0.3 is 6.09 Å². The molecule has 134 valence electrons. The van der Waals surface area contributed by atoms with Gasteiger partial charge < -0.3 is 19.5 Å². The molecule has 0 fully saturated rings. The predicted octanol–water partition coefficient (Wildman–Crippen LogP) is 4.11. The topological polar surface area (TPSA) is 62.2 Å². The Labute approximate surface area is 155 Å². The number of amides is 1. The van der Waals surface area contributed by atoms with Crippen molar-refractivity contribution in [2.45, 2.75) is 23.9 Å². The van der Waals surface area contributed by atoms with Crippen LogP contribution in [-0.2, 0) is 11.3 Å². The number of para-hydroxylation sites is 1. The molecule has 2 heterocycles. The fraction of sp³-hybridized carbons (Fsp3) is 0.211. The van der Waals surface area contributed by atoms with E-state index < -0.39 is 0 Å². The van der Waals surface area contributed by atoms with Crippen LogP contribution in [0.5, 0.6) is 11.5 Å². The highest BCUT2D eigenvalue weighted by atomic mass is 32.2. The van der Waals surface area contributed by atoms with Gasteiger partial charge in [-0.3, -0.25) is 4.90 Å². The first-order chi connectivity index (χ1) is 12.7. The van der Waals surface area contributed by atoms with Crippen molar-refractivity contribution in [1.29, 1.82) is 0 Å². The summed E-state index contributed by atoms with van der Waals surface area (Å²) in [5.74, 6) is 1.30. The number of anilines is 1. The molecule has 0 saturated carbocycles. The third kappa shape index (κ3) is 2.89. The monoisotopic (exact) mass is 370 g/mol. The van der Waals surface area contributed by atoms with Crippen molar-refractivity contribution in [2.75, 3.05) is 11.5 Å². The van der Waals surface area contributed by atoms with Crippen molar-refractivity contribution in [3.05, 3.63) is 60.4 Å². The molecule has 2 aliphatic rings. The first-order valence-corrected chi connectivity index (χ1v) is 9.18. The van der Waals surface area contributed by atoms with Crippen LogP contribution in [0.4, 0.5) is 10.5 Å². The predicted molar refractivity (Wildman–Crippen MR) is 99.0 cm³/mol. The Morgan fingerprint density at radius 3 is 2.88 bits per heavy atom. The Balaban J connectivity index is 1.57. The number of hydrogen-bond donors (Lipinski definition) is 1. The van der Waals surface area contributed by atoms with Gasteiger partial charge in [-0.15, -0.1) is 0 Å². The zero-order valence-electron chi connectivity index (χ0n) is 14.2. The van der Waals surface area contributed by atoms with E-state index in [1.54, 1.807) is 29.8 Å². The highest BCUT2D eigenvalue weighted by molar-refractivity contribution is 8.00. The minimum absolute atomic E-state index is 0.0809. The second-order valence-electron chi connectivity index (χ2n) is 5.75. The Hall–Kier alpha value is -2.64. The van der Waals surface area contributed by atoms with E-state index >= 15 is 0 Å². The Bertz CT molecular complexity index is 870. The van der Waals surface area contributed by atoms with Crippen LogP contribution < -0.4 is 9.64 Å². The number of rotatable bonds is 4. The summed E-state index contributed by atoms with van der Waals surface area (Å²) < 4.78 is 11.1. The van der Waals surface area contributed by atoms with Crippen LogP contribution in [0, 0.1) is 0 Å². The summed E-state index contributed by atoms with van der Waals surface area (Å²) >= 11 is 1.58. The van der Waals surface area contributed by atoms with Gasteiger partial charge in [-0.05, 0) is 25.1 Å². The molecule has 2 aromatic carbocycles. The summed E-state index contributed by atoms with van der Waals surface area (Å²) in [7, 11) is 0. The van der Waals surface area contributed by atoms with E-state index in [1.165, 1.54) is 0 Å². The summed E-state index contributed by atoms with van der Waals surface area (Å²) in [4.78, 5) is 16.7. The molecule has 1 amide bonds. The Morgan fingerprint density at radius 2 is 2.08 bits per heavy atom. The summed E-state index contributed by atoms with van der Waals surface area (Å²) in [6.07, 6.45) is 3.24. The molecule has 0 spiro atoms. The first kappa shape index (κ1) is 16.8. The summed E-state index contributed by atoms with van der Waals surface area (Å²) in [5, 5.41) is 9.45. The number of hydrogen-bond acceptors (Lipinski definition) is 6. The van der Waals surface area contributed by atoms with Crippen LogP contribution in [0.25, 0.3) is 0 Å². The Morgan fingerprint density at radius 1 is 1.23 bits per heavy atom. The minimum Gasteiger partial charge on any atom is -0.457 e. The fourth-order valence-corrected chi connectivity index (χ4v) is 4.15. The van der Waals surface area contributed by atoms with Crippen LogP contribution in [0.15, 0.2) is 59.8 Å². The third-order valence-corrected chi connectivity index (χ3v) is 5.42. The van der Waals surface area contributed by atoms with Crippen LogP contribution in [-0.4, -0.2) is 28.2 Å². The van der Waals surface area contributed by atoms with E-state index in [2.05, 4.69) is 0 Å². The van der Waals surface area contributed by atoms with Gasteiger partial charge in [0.15, 0.2) is 5.50 Å². The van der Waals surface area contributed by atoms with Gasteiger partial charge in [0, 0.05) is 28.9 Å². The maximum atomic E-state index is 12.1. The lowest BCUT2D eigenvalue weighted by atomic mass is 10.2. The number of aliphatic hydroxyl groups is 1. The number of carbonyl (C=O) groups is 1. The average molecular weight is 370 g/mol. The van der Waals surface area contributed by atoms with Gasteiger partial charge in [-0.25, -0.2) is 4.79 Å². The number of benzene rings is 2. The lowest BCUT2D eigenvalue weighted by molar-refractivity contribution is 0.122. The van der Waals surface area contributed by atoms with Crippen molar-refractivity contribution in [2.24, 2.45) is 0 Å². The van der Waals surface area contributed by atoms with E-state index in [0.717, 1.165) is 16.1 Å². The number of aliphatic hydroxyl groups excluding tert-OH is 1. The van der Waals surface area contributed by atoms with Crippen molar-refractivity contribution >= 4 is 23.5 Å². The van der Waals surface area contributed by atoms with E-state index in [0.29, 0.717) is 18.1 Å². The van der Waals surface area contributed by atoms with Gasteiger partial charge in [0.25, 0.3) is 0 Å². The SMILES string of the molecule is CCOC(=O)N1C=CN2c3cc(Oc4ccccc4CO)ccc3SC12. The van der Waals surface area contributed by atoms with Crippen molar-refractivity contribution in [1.82, 2.24) is 4.90 Å². The highest BCUT2D eigenvalue weighted by Gasteiger charge is 2.39. The molecule has 0 bridgehead atoms. The quantitative estimate of drug-likeness (QED) is 0.874. The number of nitrogens with zero attached hydrogens (tertiary/aromatic N) is 2. The van der Waals surface area contributed by atoms with Crippen LogP contribution >= 0.6 is 11.8 Å². The molecule has 2 aromatic rings. The molecule has 6 nitrogen and oxygen atoms in total. The zero-order valence-corrected chi connectivity index (χ0v) is 15.0. The highest BCUT2D eigenvalue weighted by Crippen LogP contribution is 2.49. The van der Waals surface area contributed by atoms with Crippen LogP contribution in [0.2, 0.25) is 0 Å². The van der Waals surface area contributed by atoms with Crippen molar-refractivity contribution in [3.8, 4) is 11.5 Å². The molecule has 0 aromatic heterocycles. The molecule has 26 heavy (non-hydrogen) atoms. The number of carbonyl (C=O) groups excluding carboxylic acids is 1. The summed E-state index contributed by atoms with van der Waals surface area (Å²) in [6, 6.07) is 13.2. The van der Waals surface area contributed by atoms with Gasteiger partial charge in [-0.2, -0.15) is 0 Å². The molecule has 7 heteroatoms. The molecular weight excluding hydrogens is 352 g/mol. The van der Waals surface area contributed by atoms with Gasteiger partial charge in [0.2, 0.25) is 0 Å². The molecule has 1 N–H and O–H groups in total. The zero-order chi connectivity index (χ0) is 18.1. The summed E-state index contributed by atoms with van der Waals surface area (Å²) in [5.41, 5.74) is 1.53. The third-order valence-electron chi connectivity index (χ3n) is 4.15. The molecule has 4 rings (SSSR count). The van der Waals surface area contributed by atoms with E-state index in [4.69, 9.17) is 9.47 Å². The number of fused-ring (bicyclic) bond motifs is 3. The molecule has 1 unspecified atom stereocenters. The van der Waals surface area contributed by atoms with E-state index in [1.807, 2.05) is 53.6 Å². The second kappa shape index (κ2) is 6.93. The number of ether oxygens (including phenoxy) is 2. The minimum atomic E-state index is -0.357. The molecule has 0 radical (unpaired) electrons. The molecular formula is C19H18N2O4S. The lowest BCUT2D eigenvalue weighted by Gasteiger charge is -2.23. The first-order valence-electron chi connectivity index (χ1n) is 8.30. The van der Waals surface area contributed by atoms with Gasteiger partial charge in [0.05, 0.1) is 18.9 Å². The standard InChI is InChI=1S/C19H18N2O4S/c1-2-24-19(23)21-10-9-20-15-11-14(7-8-17(15)26-18(20)21)25-16-6-4-3-5-13(16)12-22/h3-11,18,22H,2,12H2,1H3. The maximum Gasteiger partial charge on any atom is 0.416 e. The smallest absolute Gasteiger partial charge is 0.416 e. The van der Waals surface area contributed by atoms with Crippen LogP contribution in [0.1, 0.15) is 12.5 Å². The second-order valence-corrected chi connectivity index (χ2v) is 6.85. The van der Waals surface area contributed by atoms with E-state index in [9.17, 15) is 9.90 Å². The average Bonchev–Trinajstić information content (AvgIpc) is 3.21. The van der Waals surface area contributed by atoms with Gasteiger partial charge in [0.1, 0.15) is 11.5 Å². The van der Waals surface area contributed by atoms with Crippen molar-refractivity contribution in [3.63, 3.8) is 0 Å². The molecule has 0 aliphatic carbocycles. The maximum absolute atomic E-state index is 12.1. The number of thioether (sulfide) groups is 1. The molecule has 0 saturated heterocycles. The fourth-order valence-electron chi connectivity index (χ4n) is 2.92. The normalized spacial score (nSPS) is 17.2. The Kier molecular flexibility index (Phi) is 4.48. The largest absolute Gasteiger partial charge is 0.457 e. The van der Waals surface area contributed by atoms with E-state index in [-0.39, 0.29) is 18.2 Å². The molecule has 1 atom stereocenters. The lowest BCUT2D eigenvalue weighted by Crippen LogP contribution is -2.37.